The summed E-state index contributed by atoms with van der Waals surface area (Å²) in [5.74, 6) is 0.517. The van der Waals surface area contributed by atoms with Crippen molar-refractivity contribution >= 4 is 33.4 Å². The van der Waals surface area contributed by atoms with E-state index in [1.807, 2.05) is 13.8 Å². The highest BCUT2D eigenvalue weighted by atomic mass is 79.9. The van der Waals surface area contributed by atoms with Crippen molar-refractivity contribution < 1.29 is 4.79 Å². The van der Waals surface area contributed by atoms with Gasteiger partial charge in [0.25, 0.3) is 5.91 Å². The van der Waals surface area contributed by atoms with Gasteiger partial charge in [0.1, 0.15) is 5.69 Å². The number of aromatic nitrogens is 1. The summed E-state index contributed by atoms with van der Waals surface area (Å²) in [6.45, 7) is 4.03. The quantitative estimate of drug-likeness (QED) is 0.869. The van der Waals surface area contributed by atoms with Gasteiger partial charge in [-0.1, -0.05) is 13.8 Å². The lowest BCUT2D eigenvalue weighted by atomic mass is 10.1. The van der Waals surface area contributed by atoms with E-state index in [-0.39, 0.29) is 11.9 Å². The highest BCUT2D eigenvalue weighted by molar-refractivity contribution is 9.10. The zero-order valence-electron chi connectivity index (χ0n) is 9.21. The number of amides is 1. The summed E-state index contributed by atoms with van der Waals surface area (Å²) in [5.41, 5.74) is 0.402. The van der Waals surface area contributed by atoms with Crippen LogP contribution in [-0.4, -0.2) is 22.8 Å². The van der Waals surface area contributed by atoms with Gasteiger partial charge in [-0.15, -0.1) is 11.6 Å². The van der Waals surface area contributed by atoms with E-state index in [2.05, 4.69) is 26.2 Å². The summed E-state index contributed by atoms with van der Waals surface area (Å²) >= 11 is 9.04. The van der Waals surface area contributed by atoms with Gasteiger partial charge in [0, 0.05) is 22.6 Å². The number of hydrogen-bond donors (Lipinski definition) is 1. The summed E-state index contributed by atoms with van der Waals surface area (Å²) in [6.07, 6.45) is 1.60. The summed E-state index contributed by atoms with van der Waals surface area (Å²) < 4.78 is 0.849. The molecular formula is C11H14BrClN2O. The molecule has 0 aliphatic heterocycles. The average Bonchev–Trinajstić information content (AvgIpc) is 2.26. The Hall–Kier alpha value is -0.610. The number of nitrogens with one attached hydrogen (secondary N) is 1. The molecule has 0 aliphatic carbocycles. The maximum absolute atomic E-state index is 11.8. The van der Waals surface area contributed by atoms with Crippen molar-refractivity contribution in [2.45, 2.75) is 19.9 Å². The predicted molar refractivity (Wildman–Crippen MR) is 68.7 cm³/mol. The van der Waals surface area contributed by atoms with Crippen LogP contribution in [0.5, 0.6) is 0 Å². The van der Waals surface area contributed by atoms with E-state index >= 15 is 0 Å². The minimum absolute atomic E-state index is 0.0281. The zero-order chi connectivity index (χ0) is 12.1. The van der Waals surface area contributed by atoms with Crippen LogP contribution in [0.1, 0.15) is 24.3 Å². The molecule has 1 aromatic rings. The standard InChI is InChI=1S/C11H14BrClN2O/c1-7(2)10(5-13)15-11(16)9-4-3-8(12)6-14-9/h3-4,6-7,10H,5H2,1-2H3,(H,15,16). The molecule has 1 atom stereocenters. The van der Waals surface area contributed by atoms with Crippen molar-refractivity contribution in [3.05, 3.63) is 28.5 Å². The van der Waals surface area contributed by atoms with Crippen molar-refractivity contribution in [2.75, 3.05) is 5.88 Å². The van der Waals surface area contributed by atoms with Crippen molar-refractivity contribution in [1.82, 2.24) is 10.3 Å². The Morgan fingerprint density at radius 1 is 1.56 bits per heavy atom. The Morgan fingerprint density at radius 3 is 2.69 bits per heavy atom. The topological polar surface area (TPSA) is 42.0 Å². The Bertz CT molecular complexity index is 354. The van der Waals surface area contributed by atoms with E-state index in [0.29, 0.717) is 17.5 Å². The van der Waals surface area contributed by atoms with Gasteiger partial charge in [0.2, 0.25) is 0 Å². The minimum atomic E-state index is -0.188. The number of rotatable bonds is 4. The van der Waals surface area contributed by atoms with Crippen molar-refractivity contribution in [1.29, 1.82) is 0 Å². The van der Waals surface area contributed by atoms with Crippen LogP contribution < -0.4 is 5.32 Å². The molecule has 16 heavy (non-hydrogen) atoms. The second kappa shape index (κ2) is 6.21. The van der Waals surface area contributed by atoms with Crippen LogP contribution in [0, 0.1) is 5.92 Å². The largest absolute Gasteiger partial charge is 0.347 e. The molecular weight excluding hydrogens is 291 g/mol. The number of carbonyl (C=O) groups is 1. The predicted octanol–water partition coefficient (Wildman–Crippen LogP) is 2.84. The van der Waals surface area contributed by atoms with E-state index in [9.17, 15) is 4.79 Å². The molecule has 1 aromatic heterocycles. The van der Waals surface area contributed by atoms with E-state index in [0.717, 1.165) is 4.47 Å². The molecule has 3 nitrogen and oxygen atoms in total. The first-order valence-corrected chi connectivity index (χ1v) is 6.35. The van der Waals surface area contributed by atoms with E-state index < -0.39 is 0 Å². The van der Waals surface area contributed by atoms with Gasteiger partial charge in [-0.2, -0.15) is 0 Å². The van der Waals surface area contributed by atoms with Crippen molar-refractivity contribution in [3.63, 3.8) is 0 Å². The van der Waals surface area contributed by atoms with Crippen molar-refractivity contribution in [2.24, 2.45) is 5.92 Å². The summed E-state index contributed by atoms with van der Waals surface area (Å²) in [5, 5.41) is 2.85. The number of carbonyl (C=O) groups excluding carboxylic acids is 1. The third-order valence-electron chi connectivity index (χ3n) is 2.25. The molecule has 0 saturated carbocycles. The number of halogens is 2. The molecule has 0 radical (unpaired) electrons. The van der Waals surface area contributed by atoms with Crippen LogP contribution >= 0.6 is 27.5 Å². The molecule has 88 valence electrons. The lowest BCUT2D eigenvalue weighted by molar-refractivity contribution is 0.0926. The van der Waals surface area contributed by atoms with Crippen LogP contribution in [0.15, 0.2) is 22.8 Å². The lowest BCUT2D eigenvalue weighted by Crippen LogP contribution is -2.40. The fourth-order valence-corrected chi connectivity index (χ4v) is 1.80. The summed E-state index contributed by atoms with van der Waals surface area (Å²) in [4.78, 5) is 15.8. The van der Waals surface area contributed by atoms with E-state index in [1.54, 1.807) is 18.3 Å². The van der Waals surface area contributed by atoms with Crippen LogP contribution in [0.25, 0.3) is 0 Å². The average molecular weight is 306 g/mol. The van der Waals surface area contributed by atoms with Crippen LogP contribution in [-0.2, 0) is 0 Å². The molecule has 0 spiro atoms. The molecule has 0 fully saturated rings. The molecule has 0 aliphatic rings. The molecule has 5 heteroatoms. The fraction of sp³-hybridized carbons (Fsp3) is 0.455. The number of hydrogen-bond acceptors (Lipinski definition) is 2. The molecule has 0 bridgehead atoms. The highest BCUT2D eigenvalue weighted by Gasteiger charge is 2.16. The Labute approximate surface area is 109 Å². The maximum Gasteiger partial charge on any atom is 0.270 e. The number of pyridine rings is 1. The molecule has 1 rings (SSSR count). The lowest BCUT2D eigenvalue weighted by Gasteiger charge is -2.19. The van der Waals surface area contributed by atoms with Gasteiger partial charge >= 0.3 is 0 Å². The van der Waals surface area contributed by atoms with Crippen LogP contribution in [0.3, 0.4) is 0 Å². The van der Waals surface area contributed by atoms with Gasteiger partial charge in [-0.3, -0.25) is 4.79 Å². The van der Waals surface area contributed by atoms with E-state index in [1.165, 1.54) is 0 Å². The minimum Gasteiger partial charge on any atom is -0.347 e. The molecule has 1 N–H and O–H groups in total. The molecule has 1 heterocycles. The Balaban J connectivity index is 2.68. The molecule has 1 amide bonds. The van der Waals surface area contributed by atoms with Gasteiger partial charge in [0.05, 0.1) is 0 Å². The van der Waals surface area contributed by atoms with Gasteiger partial charge < -0.3 is 5.32 Å². The number of nitrogens with zero attached hydrogens (tertiary/aromatic N) is 1. The van der Waals surface area contributed by atoms with Gasteiger partial charge in [-0.05, 0) is 34.0 Å². The highest BCUT2D eigenvalue weighted by Crippen LogP contribution is 2.09. The SMILES string of the molecule is CC(C)C(CCl)NC(=O)c1ccc(Br)cn1. The van der Waals surface area contributed by atoms with Crippen LogP contribution in [0.2, 0.25) is 0 Å². The Morgan fingerprint density at radius 2 is 2.25 bits per heavy atom. The fourth-order valence-electron chi connectivity index (χ4n) is 1.14. The van der Waals surface area contributed by atoms with Gasteiger partial charge in [-0.25, -0.2) is 4.98 Å². The number of alkyl halides is 1. The molecule has 0 aromatic carbocycles. The normalized spacial score (nSPS) is 12.6. The smallest absolute Gasteiger partial charge is 0.270 e. The summed E-state index contributed by atoms with van der Waals surface area (Å²) in [6, 6.07) is 3.43. The second-order valence-corrected chi connectivity index (χ2v) is 5.06. The third-order valence-corrected chi connectivity index (χ3v) is 3.05. The first-order chi connectivity index (χ1) is 7.54. The monoisotopic (exact) mass is 304 g/mol. The maximum atomic E-state index is 11.8. The van der Waals surface area contributed by atoms with E-state index in [4.69, 9.17) is 11.6 Å². The first-order valence-electron chi connectivity index (χ1n) is 5.03. The summed E-state index contributed by atoms with van der Waals surface area (Å²) in [7, 11) is 0. The van der Waals surface area contributed by atoms with Crippen LogP contribution in [0.4, 0.5) is 0 Å². The van der Waals surface area contributed by atoms with Crippen molar-refractivity contribution in [3.8, 4) is 0 Å². The zero-order valence-corrected chi connectivity index (χ0v) is 11.5. The Kier molecular flexibility index (Phi) is 5.22. The van der Waals surface area contributed by atoms with Gasteiger partial charge in [0.15, 0.2) is 0 Å². The first kappa shape index (κ1) is 13.5. The molecule has 1 unspecified atom stereocenters. The third kappa shape index (κ3) is 3.76. The second-order valence-electron chi connectivity index (χ2n) is 3.84. The molecule has 0 saturated heterocycles.